The van der Waals surface area contributed by atoms with Gasteiger partial charge >= 0.3 is 0 Å². The minimum Gasteiger partial charge on any atom is -0.494 e. The minimum atomic E-state index is -0.454. The number of nitro benzene ring substituents is 1. The van der Waals surface area contributed by atoms with Gasteiger partial charge in [-0.3, -0.25) is 10.1 Å². The molecule has 0 aliphatic rings. The zero-order valence-corrected chi connectivity index (χ0v) is 11.9. The van der Waals surface area contributed by atoms with E-state index in [2.05, 4.69) is 10.3 Å². The molecule has 21 heavy (non-hydrogen) atoms. The van der Waals surface area contributed by atoms with Crippen LogP contribution in [0.3, 0.4) is 0 Å². The Morgan fingerprint density at radius 2 is 2.10 bits per heavy atom. The molecule has 0 atom stereocenters. The van der Waals surface area contributed by atoms with E-state index in [1.54, 1.807) is 6.07 Å². The number of nitro groups is 1. The van der Waals surface area contributed by atoms with Gasteiger partial charge in [-0.2, -0.15) is 0 Å². The standard InChI is InChI=1S/C14H11N3O3S/c1-20-12-8-9(17(18)19)6-7-10(12)15-14-16-11-4-2-3-5-13(11)21-14/h2-8H,1H3,(H,15,16). The molecule has 0 unspecified atom stereocenters. The van der Waals surface area contributed by atoms with Crippen LogP contribution in [-0.2, 0) is 0 Å². The summed E-state index contributed by atoms with van der Waals surface area (Å²) in [6.07, 6.45) is 0. The summed E-state index contributed by atoms with van der Waals surface area (Å²) >= 11 is 1.51. The van der Waals surface area contributed by atoms with Crippen molar-refractivity contribution >= 4 is 38.1 Å². The maximum absolute atomic E-state index is 10.8. The van der Waals surface area contributed by atoms with Crippen molar-refractivity contribution in [1.29, 1.82) is 0 Å². The fraction of sp³-hybridized carbons (Fsp3) is 0.0714. The summed E-state index contributed by atoms with van der Waals surface area (Å²) < 4.78 is 6.26. The second kappa shape index (κ2) is 5.37. The number of anilines is 2. The van der Waals surface area contributed by atoms with Crippen LogP contribution in [0.25, 0.3) is 10.2 Å². The third-order valence-electron chi connectivity index (χ3n) is 2.93. The van der Waals surface area contributed by atoms with Gasteiger partial charge in [-0.1, -0.05) is 23.5 Å². The van der Waals surface area contributed by atoms with Crippen LogP contribution in [0, 0.1) is 10.1 Å². The first-order valence-corrected chi connectivity index (χ1v) is 6.94. The maximum Gasteiger partial charge on any atom is 0.273 e. The van der Waals surface area contributed by atoms with E-state index < -0.39 is 4.92 Å². The number of non-ortho nitro benzene ring substituents is 1. The fourth-order valence-electron chi connectivity index (χ4n) is 1.94. The van der Waals surface area contributed by atoms with Crippen molar-refractivity contribution in [3.05, 3.63) is 52.6 Å². The van der Waals surface area contributed by atoms with Crippen molar-refractivity contribution in [2.24, 2.45) is 0 Å². The van der Waals surface area contributed by atoms with Gasteiger partial charge in [0.25, 0.3) is 5.69 Å². The lowest BCUT2D eigenvalue weighted by Gasteiger charge is -2.08. The van der Waals surface area contributed by atoms with Crippen molar-refractivity contribution in [2.45, 2.75) is 0 Å². The van der Waals surface area contributed by atoms with Gasteiger partial charge in [0, 0.05) is 6.07 Å². The SMILES string of the molecule is COc1cc([N+](=O)[O-])ccc1Nc1nc2ccccc2s1. The Bertz CT molecular complexity index is 783. The molecule has 0 fully saturated rings. The van der Waals surface area contributed by atoms with E-state index in [9.17, 15) is 10.1 Å². The van der Waals surface area contributed by atoms with Crippen molar-refractivity contribution in [1.82, 2.24) is 4.98 Å². The van der Waals surface area contributed by atoms with Crippen molar-refractivity contribution < 1.29 is 9.66 Å². The summed E-state index contributed by atoms with van der Waals surface area (Å²) in [4.78, 5) is 14.8. The molecule has 7 heteroatoms. The van der Waals surface area contributed by atoms with E-state index in [0.29, 0.717) is 16.6 Å². The third-order valence-corrected chi connectivity index (χ3v) is 3.88. The number of nitrogens with zero attached hydrogens (tertiary/aromatic N) is 2. The highest BCUT2D eigenvalue weighted by Crippen LogP contribution is 2.34. The molecule has 0 bridgehead atoms. The van der Waals surface area contributed by atoms with Crippen LogP contribution in [-0.4, -0.2) is 17.0 Å². The normalized spacial score (nSPS) is 10.5. The van der Waals surface area contributed by atoms with Crippen LogP contribution in [0.1, 0.15) is 0 Å². The number of benzene rings is 2. The molecular formula is C14H11N3O3S. The molecule has 0 aliphatic heterocycles. The molecule has 1 N–H and O–H groups in total. The quantitative estimate of drug-likeness (QED) is 0.583. The van der Waals surface area contributed by atoms with Crippen LogP contribution >= 0.6 is 11.3 Å². The number of fused-ring (bicyclic) bond motifs is 1. The molecule has 1 aromatic heterocycles. The van der Waals surface area contributed by atoms with Crippen molar-refractivity contribution in [2.75, 3.05) is 12.4 Å². The zero-order chi connectivity index (χ0) is 14.8. The molecule has 0 aliphatic carbocycles. The van der Waals surface area contributed by atoms with E-state index >= 15 is 0 Å². The number of hydrogen-bond acceptors (Lipinski definition) is 6. The lowest BCUT2D eigenvalue weighted by atomic mass is 10.2. The second-order valence-corrected chi connectivity index (χ2v) is 5.28. The molecule has 0 radical (unpaired) electrons. The van der Waals surface area contributed by atoms with Crippen LogP contribution in [0.15, 0.2) is 42.5 Å². The van der Waals surface area contributed by atoms with E-state index in [0.717, 1.165) is 10.2 Å². The van der Waals surface area contributed by atoms with Gasteiger partial charge in [0.1, 0.15) is 5.75 Å². The second-order valence-electron chi connectivity index (χ2n) is 4.25. The topological polar surface area (TPSA) is 77.3 Å². The van der Waals surface area contributed by atoms with Crippen LogP contribution in [0.5, 0.6) is 5.75 Å². The molecule has 0 saturated carbocycles. The van der Waals surface area contributed by atoms with Crippen molar-refractivity contribution in [3.63, 3.8) is 0 Å². The van der Waals surface area contributed by atoms with Gasteiger partial charge < -0.3 is 10.1 Å². The molecule has 2 aromatic carbocycles. The molecule has 0 amide bonds. The highest BCUT2D eigenvalue weighted by atomic mass is 32.1. The van der Waals surface area contributed by atoms with Gasteiger partial charge in [-0.25, -0.2) is 4.98 Å². The number of hydrogen-bond donors (Lipinski definition) is 1. The van der Waals surface area contributed by atoms with Crippen LogP contribution in [0.2, 0.25) is 0 Å². The third kappa shape index (κ3) is 2.63. The number of nitrogens with one attached hydrogen (secondary N) is 1. The van der Waals surface area contributed by atoms with Crippen LogP contribution < -0.4 is 10.1 Å². The first kappa shape index (κ1) is 13.3. The lowest BCUT2D eigenvalue weighted by Crippen LogP contribution is -1.96. The molecule has 3 rings (SSSR count). The van der Waals surface area contributed by atoms with Gasteiger partial charge in [0.15, 0.2) is 5.13 Å². The average molecular weight is 301 g/mol. The van der Waals surface area contributed by atoms with E-state index in [1.807, 2.05) is 24.3 Å². The number of methoxy groups -OCH3 is 1. The molecule has 0 saturated heterocycles. The maximum atomic E-state index is 10.8. The van der Waals surface area contributed by atoms with E-state index in [1.165, 1.54) is 30.6 Å². The Labute approximate surface area is 124 Å². The summed E-state index contributed by atoms with van der Waals surface area (Å²) in [5.74, 6) is 0.406. The zero-order valence-electron chi connectivity index (χ0n) is 11.1. The number of ether oxygens (including phenoxy) is 1. The Kier molecular flexibility index (Phi) is 3.41. The number of thiazole rings is 1. The number of rotatable bonds is 4. The first-order chi connectivity index (χ1) is 10.2. The number of aromatic nitrogens is 1. The molecular weight excluding hydrogens is 290 g/mol. The highest BCUT2D eigenvalue weighted by Gasteiger charge is 2.12. The fourth-order valence-corrected chi connectivity index (χ4v) is 2.82. The predicted octanol–water partition coefficient (Wildman–Crippen LogP) is 3.96. The summed E-state index contributed by atoms with van der Waals surface area (Å²) in [5, 5.41) is 14.6. The summed E-state index contributed by atoms with van der Waals surface area (Å²) in [6.45, 7) is 0. The number of para-hydroxylation sites is 1. The van der Waals surface area contributed by atoms with Gasteiger partial charge in [-0.05, 0) is 18.2 Å². The molecule has 106 valence electrons. The lowest BCUT2D eigenvalue weighted by molar-refractivity contribution is -0.384. The van der Waals surface area contributed by atoms with Gasteiger partial charge in [-0.15, -0.1) is 0 Å². The summed E-state index contributed by atoms with van der Waals surface area (Å²) in [7, 11) is 1.47. The average Bonchev–Trinajstić information content (AvgIpc) is 2.89. The minimum absolute atomic E-state index is 0.0123. The molecule has 3 aromatic rings. The van der Waals surface area contributed by atoms with Gasteiger partial charge in [0.05, 0.1) is 34.0 Å². The predicted molar refractivity (Wildman–Crippen MR) is 82.6 cm³/mol. The van der Waals surface area contributed by atoms with Gasteiger partial charge in [0.2, 0.25) is 0 Å². The molecule has 6 nitrogen and oxygen atoms in total. The molecule has 0 spiro atoms. The Morgan fingerprint density at radius 1 is 1.29 bits per heavy atom. The van der Waals surface area contributed by atoms with E-state index in [-0.39, 0.29) is 5.69 Å². The van der Waals surface area contributed by atoms with Crippen molar-refractivity contribution in [3.8, 4) is 5.75 Å². The first-order valence-electron chi connectivity index (χ1n) is 6.12. The Balaban J connectivity index is 1.95. The monoisotopic (exact) mass is 301 g/mol. The Morgan fingerprint density at radius 3 is 2.81 bits per heavy atom. The largest absolute Gasteiger partial charge is 0.494 e. The van der Waals surface area contributed by atoms with E-state index in [4.69, 9.17) is 4.74 Å². The highest BCUT2D eigenvalue weighted by molar-refractivity contribution is 7.22. The van der Waals surface area contributed by atoms with Crippen LogP contribution in [0.4, 0.5) is 16.5 Å². The summed E-state index contributed by atoms with van der Waals surface area (Å²) in [6, 6.07) is 12.2. The summed E-state index contributed by atoms with van der Waals surface area (Å²) in [5.41, 5.74) is 1.54. The smallest absolute Gasteiger partial charge is 0.273 e. The molecule has 1 heterocycles. The Hall–Kier alpha value is -2.67.